The molecular weight excluding hydrogens is 374 g/mol. The Morgan fingerprint density at radius 3 is 2.54 bits per heavy atom. The van der Waals surface area contributed by atoms with Gasteiger partial charge in [0, 0.05) is 0 Å². The smallest absolute Gasteiger partial charge is 0.258 e. The van der Waals surface area contributed by atoms with E-state index in [4.69, 9.17) is 16.3 Å². The average Bonchev–Trinajstić information content (AvgIpc) is 2.87. The molecule has 0 radical (unpaired) electrons. The van der Waals surface area contributed by atoms with Crippen LogP contribution in [0.25, 0.3) is 11.1 Å². The summed E-state index contributed by atoms with van der Waals surface area (Å²) >= 11 is 6.26. The van der Waals surface area contributed by atoms with Crippen LogP contribution in [0, 0.1) is 0 Å². The van der Waals surface area contributed by atoms with Gasteiger partial charge >= 0.3 is 0 Å². The second kappa shape index (κ2) is 7.29. The van der Waals surface area contributed by atoms with Crippen LogP contribution in [0.1, 0.15) is 13.3 Å². The Morgan fingerprint density at radius 1 is 1.19 bits per heavy atom. The fourth-order valence-corrected chi connectivity index (χ4v) is 5.38. The molecule has 0 bridgehead atoms. The quantitative estimate of drug-likeness (QED) is 0.847. The molecule has 0 unspecified atom stereocenters. The summed E-state index contributed by atoms with van der Waals surface area (Å²) in [6, 6.07) is 15.2. The zero-order valence-electron chi connectivity index (χ0n) is 14.4. The number of ether oxygens (including phenoxy) is 1. The summed E-state index contributed by atoms with van der Waals surface area (Å²) in [4.78, 5) is 12.1. The first-order valence-corrected chi connectivity index (χ1v) is 10.5. The van der Waals surface area contributed by atoms with E-state index in [1.54, 1.807) is 19.1 Å². The van der Waals surface area contributed by atoms with Crippen molar-refractivity contribution < 1.29 is 17.9 Å². The van der Waals surface area contributed by atoms with Gasteiger partial charge in [-0.05, 0) is 36.6 Å². The number of rotatable bonds is 5. The molecule has 5 nitrogen and oxygen atoms in total. The minimum Gasteiger partial charge on any atom is -0.482 e. The van der Waals surface area contributed by atoms with E-state index < -0.39 is 15.4 Å². The van der Waals surface area contributed by atoms with E-state index >= 15 is 0 Å². The second-order valence-electron chi connectivity index (χ2n) is 6.75. The van der Waals surface area contributed by atoms with Gasteiger partial charge in [0.15, 0.2) is 16.4 Å². The maximum atomic E-state index is 12.1. The zero-order valence-corrected chi connectivity index (χ0v) is 15.9. The lowest BCUT2D eigenvalue weighted by Gasteiger charge is -2.23. The van der Waals surface area contributed by atoms with Crippen molar-refractivity contribution in [3.63, 3.8) is 0 Å². The molecule has 0 aliphatic carbocycles. The number of sulfone groups is 1. The van der Waals surface area contributed by atoms with Crippen LogP contribution >= 0.6 is 11.6 Å². The molecule has 1 N–H and O–H groups in total. The van der Waals surface area contributed by atoms with Gasteiger partial charge in [-0.25, -0.2) is 8.42 Å². The van der Waals surface area contributed by atoms with E-state index in [0.29, 0.717) is 17.2 Å². The summed E-state index contributed by atoms with van der Waals surface area (Å²) in [7, 11) is -3.08. The summed E-state index contributed by atoms with van der Waals surface area (Å²) in [5.41, 5.74) is 1.25. The van der Waals surface area contributed by atoms with E-state index in [1.165, 1.54) is 0 Å². The number of nitrogens with one attached hydrogen (secondary N) is 1. The first kappa shape index (κ1) is 18.7. The summed E-state index contributed by atoms with van der Waals surface area (Å²) in [6.45, 7) is 1.51. The van der Waals surface area contributed by atoms with Gasteiger partial charge in [-0.2, -0.15) is 0 Å². The number of hydrogen-bond acceptors (Lipinski definition) is 4. The zero-order chi connectivity index (χ0) is 18.8. The first-order chi connectivity index (χ1) is 12.3. The van der Waals surface area contributed by atoms with Crippen molar-refractivity contribution in [3.8, 4) is 16.9 Å². The van der Waals surface area contributed by atoms with Crippen LogP contribution in [-0.4, -0.2) is 38.0 Å². The molecule has 7 heteroatoms. The lowest BCUT2D eigenvalue weighted by atomic mass is 10.0. The van der Waals surface area contributed by atoms with E-state index in [2.05, 4.69) is 5.32 Å². The molecule has 0 aromatic heterocycles. The molecule has 1 saturated heterocycles. The van der Waals surface area contributed by atoms with Gasteiger partial charge in [0.25, 0.3) is 5.91 Å². The van der Waals surface area contributed by atoms with Crippen molar-refractivity contribution in [3.05, 3.63) is 53.6 Å². The highest BCUT2D eigenvalue weighted by molar-refractivity contribution is 7.91. The van der Waals surface area contributed by atoms with E-state index in [1.807, 2.05) is 36.4 Å². The SMILES string of the molecule is C[C@]1(NC(=O)COc2ccc(-c3ccccc3)cc2Cl)CCS(=O)(=O)C1. The Bertz CT molecular complexity index is 914. The first-order valence-electron chi connectivity index (χ1n) is 8.26. The molecule has 3 rings (SSSR count). The minimum atomic E-state index is -3.08. The molecular formula is C19H20ClNO4S. The second-order valence-corrected chi connectivity index (χ2v) is 9.34. The maximum absolute atomic E-state index is 12.1. The predicted molar refractivity (Wildman–Crippen MR) is 102 cm³/mol. The predicted octanol–water partition coefficient (Wildman–Crippen LogP) is 3.08. The highest BCUT2D eigenvalue weighted by atomic mass is 35.5. The van der Waals surface area contributed by atoms with Crippen molar-refractivity contribution in [2.24, 2.45) is 0 Å². The fourth-order valence-electron chi connectivity index (χ4n) is 3.05. The lowest BCUT2D eigenvalue weighted by Crippen LogP contribution is -2.48. The number of halogens is 1. The van der Waals surface area contributed by atoms with Crippen molar-refractivity contribution in [2.45, 2.75) is 18.9 Å². The van der Waals surface area contributed by atoms with Gasteiger partial charge in [0.2, 0.25) is 0 Å². The van der Waals surface area contributed by atoms with Gasteiger partial charge in [-0.15, -0.1) is 0 Å². The Kier molecular flexibility index (Phi) is 5.25. The number of carbonyl (C=O) groups is 1. The third kappa shape index (κ3) is 4.56. The third-order valence-electron chi connectivity index (χ3n) is 4.34. The van der Waals surface area contributed by atoms with Gasteiger partial charge in [-0.1, -0.05) is 48.0 Å². The van der Waals surface area contributed by atoms with Gasteiger partial charge < -0.3 is 10.1 Å². The van der Waals surface area contributed by atoms with Crippen molar-refractivity contribution in [1.29, 1.82) is 0 Å². The lowest BCUT2D eigenvalue weighted by molar-refractivity contribution is -0.124. The molecule has 1 atom stereocenters. The number of hydrogen-bond donors (Lipinski definition) is 1. The highest BCUT2D eigenvalue weighted by Gasteiger charge is 2.39. The molecule has 1 aliphatic rings. The summed E-state index contributed by atoms with van der Waals surface area (Å²) in [5, 5.41) is 3.16. The largest absolute Gasteiger partial charge is 0.482 e. The summed E-state index contributed by atoms with van der Waals surface area (Å²) in [5.74, 6) is 0.0915. The normalized spacial score (nSPS) is 21.3. The van der Waals surface area contributed by atoms with Crippen LogP contribution in [0.5, 0.6) is 5.75 Å². The van der Waals surface area contributed by atoms with Crippen LogP contribution in [0.4, 0.5) is 0 Å². The molecule has 1 amide bonds. The molecule has 26 heavy (non-hydrogen) atoms. The van der Waals surface area contributed by atoms with Crippen LogP contribution in [0.15, 0.2) is 48.5 Å². The number of carbonyl (C=O) groups excluding carboxylic acids is 1. The molecule has 1 heterocycles. The van der Waals surface area contributed by atoms with Crippen LogP contribution in [-0.2, 0) is 14.6 Å². The fraction of sp³-hybridized carbons (Fsp3) is 0.316. The van der Waals surface area contributed by atoms with Crippen molar-refractivity contribution >= 4 is 27.3 Å². The standard InChI is InChI=1S/C19H20ClNO4S/c1-19(9-10-26(23,24)13-19)21-18(22)12-25-17-8-7-15(11-16(17)20)14-5-3-2-4-6-14/h2-8,11H,9-10,12-13H2,1H3,(H,21,22)/t19-/m0/s1. The topological polar surface area (TPSA) is 72.5 Å². The van der Waals surface area contributed by atoms with E-state index in [9.17, 15) is 13.2 Å². The Labute approximate surface area is 158 Å². The number of amides is 1. The van der Waals surface area contributed by atoms with Crippen molar-refractivity contribution in [1.82, 2.24) is 5.32 Å². The van der Waals surface area contributed by atoms with Crippen LogP contribution < -0.4 is 10.1 Å². The Balaban J connectivity index is 1.60. The minimum absolute atomic E-state index is 0.0434. The third-order valence-corrected chi connectivity index (χ3v) is 6.54. The summed E-state index contributed by atoms with van der Waals surface area (Å²) in [6.07, 6.45) is 0.410. The van der Waals surface area contributed by atoms with E-state index in [0.717, 1.165) is 11.1 Å². The van der Waals surface area contributed by atoms with Gasteiger partial charge in [0.1, 0.15) is 5.75 Å². The summed E-state index contributed by atoms with van der Waals surface area (Å²) < 4.78 is 28.7. The molecule has 2 aromatic rings. The highest BCUT2D eigenvalue weighted by Crippen LogP contribution is 2.30. The average molecular weight is 394 g/mol. The van der Waals surface area contributed by atoms with Gasteiger partial charge in [0.05, 0.1) is 22.1 Å². The van der Waals surface area contributed by atoms with E-state index in [-0.39, 0.29) is 24.0 Å². The maximum Gasteiger partial charge on any atom is 0.258 e. The Morgan fingerprint density at radius 2 is 1.92 bits per heavy atom. The molecule has 0 saturated carbocycles. The molecule has 1 aliphatic heterocycles. The molecule has 1 fully saturated rings. The van der Waals surface area contributed by atoms with Gasteiger partial charge in [-0.3, -0.25) is 4.79 Å². The Hall–Kier alpha value is -2.05. The number of benzene rings is 2. The van der Waals surface area contributed by atoms with Crippen molar-refractivity contribution in [2.75, 3.05) is 18.1 Å². The molecule has 2 aromatic carbocycles. The molecule has 0 spiro atoms. The molecule has 138 valence electrons. The monoisotopic (exact) mass is 393 g/mol. The van der Waals surface area contributed by atoms with Crippen LogP contribution in [0.3, 0.4) is 0 Å². The van der Waals surface area contributed by atoms with Crippen LogP contribution in [0.2, 0.25) is 5.02 Å².